The fourth-order valence-electron chi connectivity index (χ4n) is 9.57. The smallest absolute Gasteiger partial charge is 0.386 e. The van der Waals surface area contributed by atoms with Gasteiger partial charge in [-0.25, -0.2) is 25.0 Å². The quantitative estimate of drug-likeness (QED) is 0.0817. The standard InChI is InChI=1S/C45H15Cl15N8O2P.Al/c1-12-15-17(25(48)31(54)23(12)46)41(67-44-21-22(30(53)37(60)36(59)29(21)52)45(68-44)70-71(69,13-8-4-2-5-9-13)14-10-6-3-7-11-14)63-39(15)64-42-19-20(28(51)35(58)34(57)27(19)50)43(66-42)65-40-18-16(38(61)62-40)24(47)32(55)33(56)26(18)49;/h2-11H,61H2,1H3;/q-2;+2. The number of nitrogens with two attached hydrogens (primary N) is 1. The Balaban J connectivity index is 1.41. The second-order valence-electron chi connectivity index (χ2n) is 16.3. The van der Waals surface area contributed by atoms with Crippen LogP contribution in [-0.4, -0.2) is 39.2 Å². The van der Waals surface area contributed by atoms with Crippen molar-refractivity contribution in [2.75, 3.05) is 5.73 Å². The first kappa shape index (κ1) is 50.7. The first-order chi connectivity index (χ1) is 34.2. The van der Waals surface area contributed by atoms with Crippen LogP contribution in [0.2, 0.25) is 75.3 Å². The maximum atomic E-state index is 16.9. The minimum atomic E-state index is -4.51. The molecule has 0 spiro atoms. The summed E-state index contributed by atoms with van der Waals surface area (Å²) >= 11 is 102. The summed E-state index contributed by atoms with van der Waals surface area (Å²) in [5.41, 5.74) is 8.32. The van der Waals surface area contributed by atoms with E-state index in [0.29, 0.717) is 10.9 Å². The number of anilines is 1. The highest BCUT2D eigenvalue weighted by Gasteiger charge is 2.66. The van der Waals surface area contributed by atoms with E-state index in [1.165, 1.54) is 0 Å². The topological polar surface area (TPSA) is 124 Å². The number of aryl methyl sites for hydroxylation is 1. The van der Waals surface area contributed by atoms with Gasteiger partial charge in [0.15, 0.2) is 22.1 Å². The molecule has 2 aromatic heterocycles. The summed E-state index contributed by atoms with van der Waals surface area (Å²) in [6.07, 6.45) is 0. The molecule has 4 bridgehead atoms. The van der Waals surface area contributed by atoms with Crippen molar-refractivity contribution in [1.82, 2.24) is 7.10 Å². The number of halogens is 15. The first-order valence-electron chi connectivity index (χ1n) is 20.4. The molecule has 72 heavy (non-hydrogen) atoms. The van der Waals surface area contributed by atoms with Crippen LogP contribution in [-0.2, 0) is 13.7 Å². The Labute approximate surface area is 485 Å². The van der Waals surface area contributed by atoms with E-state index in [2.05, 4.69) is 0 Å². The van der Waals surface area contributed by atoms with Gasteiger partial charge in [0.2, 0.25) is 0 Å². The van der Waals surface area contributed by atoms with E-state index in [-0.39, 0.29) is 164 Å². The molecule has 6 aromatic carbocycles. The molecule has 27 heteroatoms. The van der Waals surface area contributed by atoms with E-state index in [4.69, 9.17) is 209 Å². The fraction of sp³-hybridized carbons (Fsp3) is 0.0444. The van der Waals surface area contributed by atoms with E-state index in [1.54, 1.807) is 74.7 Å². The number of amidine groups is 3. The molecule has 2 N–H and O–H groups in total. The molecule has 4 aliphatic heterocycles. The van der Waals surface area contributed by atoms with Crippen molar-refractivity contribution < 1.29 is 9.09 Å². The van der Waals surface area contributed by atoms with E-state index in [9.17, 15) is 0 Å². The lowest BCUT2D eigenvalue weighted by Gasteiger charge is -2.37. The maximum absolute atomic E-state index is 16.9. The molecule has 4 aliphatic rings. The van der Waals surface area contributed by atoms with Crippen LogP contribution in [0.25, 0.3) is 21.5 Å². The van der Waals surface area contributed by atoms with Gasteiger partial charge >= 0.3 is 14.6 Å². The lowest BCUT2D eigenvalue weighted by Crippen LogP contribution is -2.59. The molecule has 8 aromatic rings. The number of benzene rings is 6. The summed E-state index contributed by atoms with van der Waals surface area (Å²) in [6, 6.07) is 17.0. The summed E-state index contributed by atoms with van der Waals surface area (Å²) in [6.45, 7) is 1.71. The van der Waals surface area contributed by atoms with Gasteiger partial charge in [0.25, 0.3) is 7.37 Å². The highest BCUT2D eigenvalue weighted by molar-refractivity contribution is 7.74. The number of fused-ring (bicyclic) bond motifs is 16. The number of aromatic nitrogens is 2. The van der Waals surface area contributed by atoms with E-state index >= 15 is 4.57 Å². The Morgan fingerprint density at radius 2 is 0.931 bits per heavy atom. The molecule has 6 heterocycles. The average Bonchev–Trinajstić information content (AvgIpc) is 4.05. The molecular formula is C45H15AlCl15N8O2P. The van der Waals surface area contributed by atoms with Gasteiger partial charge in [0, 0.05) is 43.3 Å². The molecule has 10 nitrogen and oxygen atoms in total. The first-order valence-corrected chi connectivity index (χ1v) is 29.3. The van der Waals surface area contributed by atoms with Gasteiger partial charge in [-0.15, -0.1) is 0 Å². The van der Waals surface area contributed by atoms with Gasteiger partial charge in [0.1, 0.15) is 16.8 Å². The van der Waals surface area contributed by atoms with Gasteiger partial charge < -0.3 is 12.8 Å². The number of hydrogen-bond donors (Lipinski definition) is 1. The molecular weight excluding hydrogens is 1270 g/mol. The number of hydrogen-bond acceptors (Lipinski definition) is 8. The van der Waals surface area contributed by atoms with Crippen LogP contribution in [0, 0.1) is 6.92 Å². The minimum absolute atomic E-state index is 0.00589. The Morgan fingerprint density at radius 3 is 1.50 bits per heavy atom. The second kappa shape index (κ2) is 17.7. The Morgan fingerprint density at radius 1 is 0.486 bits per heavy atom. The van der Waals surface area contributed by atoms with Crippen molar-refractivity contribution in [2.45, 2.75) is 11.5 Å². The van der Waals surface area contributed by atoms with Crippen molar-refractivity contribution in [3.8, 4) is 0 Å². The van der Waals surface area contributed by atoms with Crippen LogP contribution in [0.3, 0.4) is 0 Å². The van der Waals surface area contributed by atoms with Gasteiger partial charge in [-0.05, 0) is 36.8 Å². The van der Waals surface area contributed by atoms with E-state index < -0.39 is 26.5 Å². The van der Waals surface area contributed by atoms with Crippen LogP contribution in [0.15, 0.2) is 85.6 Å². The number of nitrogen functional groups attached to an aromatic ring is 1. The Bertz CT molecular complexity index is 4180. The van der Waals surface area contributed by atoms with Crippen molar-refractivity contribution in [1.29, 1.82) is 0 Å². The molecule has 1 unspecified atom stereocenters. The molecule has 360 valence electrons. The maximum Gasteiger partial charge on any atom is 0.659 e. The zero-order valence-corrected chi connectivity index (χ0v) is 48.4. The monoisotopic (exact) mass is 1280 g/mol. The summed E-state index contributed by atoms with van der Waals surface area (Å²) < 4.78 is 25.4. The average molecular weight is 1290 g/mol. The predicted octanol–water partition coefficient (Wildman–Crippen LogP) is 16.4. The van der Waals surface area contributed by atoms with Gasteiger partial charge in [0.05, 0.1) is 92.3 Å². The molecule has 0 fully saturated rings. The van der Waals surface area contributed by atoms with Crippen molar-refractivity contribution >= 4 is 257 Å². The summed E-state index contributed by atoms with van der Waals surface area (Å²) in [5, 5.41) is -0.572. The molecule has 0 radical (unpaired) electrons. The van der Waals surface area contributed by atoms with Gasteiger partial charge in [-0.1, -0.05) is 210 Å². The van der Waals surface area contributed by atoms with E-state index in [1.807, 2.05) is 0 Å². The largest absolute Gasteiger partial charge is 0.659 e. The molecule has 12 rings (SSSR count). The summed E-state index contributed by atoms with van der Waals surface area (Å²) in [7, 11) is -4.51. The van der Waals surface area contributed by atoms with Crippen LogP contribution < -0.4 is 27.3 Å². The predicted molar refractivity (Wildman–Crippen MR) is 302 cm³/mol. The lowest BCUT2D eigenvalue weighted by atomic mass is 10.1. The fourth-order valence-corrected chi connectivity index (χ4v) is 19.9. The van der Waals surface area contributed by atoms with Gasteiger partial charge in [-0.3, -0.25) is 9.09 Å². The van der Waals surface area contributed by atoms with Crippen molar-refractivity contribution in [3.05, 3.63) is 175 Å². The Kier molecular flexibility index (Phi) is 12.5. The molecule has 0 saturated carbocycles. The van der Waals surface area contributed by atoms with Crippen molar-refractivity contribution in [2.24, 2.45) is 25.0 Å². The summed E-state index contributed by atoms with van der Waals surface area (Å²) in [4.78, 5) is 26.2. The van der Waals surface area contributed by atoms with Crippen molar-refractivity contribution in [3.63, 3.8) is 0 Å². The zero-order chi connectivity index (χ0) is 51.1. The minimum Gasteiger partial charge on any atom is -0.386 e. The number of aliphatic imine (C=N–C) groups is 3. The normalized spacial score (nSPS) is 17.2. The molecule has 1 atom stereocenters. The third-order valence-electron chi connectivity index (χ3n) is 12.7. The third kappa shape index (κ3) is 6.70. The molecule has 0 amide bonds. The SMILES string of the molecule is Cc1c(Cl)c(Cl)c(Cl)c2c3[n]4c(c12)=NC1=N/C(=N\c2c5c(Cl)c(Cl)c(Cl)c(Cl)c5c(N)[n]2[Al]4[C]2(OP(=O)(c4ccccc4)c4ccccc4)N=C(N=3)c3c(Cl)c(Cl)c(Cl)c(Cl)c32)c2c(Cl)c(Cl)c(Cl)c(Cl)c21. The molecule has 0 aliphatic carbocycles. The third-order valence-corrected chi connectivity index (χ3v) is 25.4. The van der Waals surface area contributed by atoms with Crippen LogP contribution >= 0.6 is 181 Å². The Hall–Kier alpha value is -2.12. The second-order valence-corrected chi connectivity index (χ2v) is 26.9. The van der Waals surface area contributed by atoms with Gasteiger partial charge in [-0.2, -0.15) is 0 Å². The summed E-state index contributed by atoms with van der Waals surface area (Å²) in [5.74, 6) is -0.533. The number of nitrogens with zero attached hydrogens (tertiary/aromatic N) is 7. The number of rotatable bonds is 4. The lowest BCUT2D eigenvalue weighted by molar-refractivity contribution is 0.169. The van der Waals surface area contributed by atoms with E-state index in [0.717, 1.165) is 0 Å². The zero-order valence-electron chi connectivity index (χ0n) is 35.0. The highest BCUT2D eigenvalue weighted by Crippen LogP contribution is 2.61. The molecule has 0 saturated heterocycles. The van der Waals surface area contributed by atoms with Crippen LogP contribution in [0.1, 0.15) is 27.8 Å². The van der Waals surface area contributed by atoms with Crippen LogP contribution in [0.4, 0.5) is 11.6 Å². The van der Waals surface area contributed by atoms with Crippen LogP contribution in [0.5, 0.6) is 0 Å². The highest BCUT2D eigenvalue weighted by atomic mass is 35.5.